The minimum Gasteiger partial charge on any atom is -0.395 e. The normalized spacial score (nSPS) is 18.2. The van der Waals surface area contributed by atoms with Gasteiger partial charge in [0.15, 0.2) is 0 Å². The van der Waals surface area contributed by atoms with Crippen molar-refractivity contribution in [3.63, 3.8) is 0 Å². The number of hydrogen-bond acceptors (Lipinski definition) is 3. The Hall–Kier alpha value is -0.980. The maximum Gasteiger partial charge on any atom is 0.256 e. The van der Waals surface area contributed by atoms with Crippen LogP contribution in [0.1, 0.15) is 23.2 Å². The van der Waals surface area contributed by atoms with Gasteiger partial charge in [0.05, 0.1) is 12.2 Å². The number of rotatable bonds is 5. The summed E-state index contributed by atoms with van der Waals surface area (Å²) < 4.78 is 14.5. The Bertz CT molecular complexity index is 478. The SMILES string of the molecule is O=C(c1ccc(Br)cc1F)N(CCO)CC1CCCN1. The van der Waals surface area contributed by atoms with Crippen LogP contribution < -0.4 is 5.32 Å². The lowest BCUT2D eigenvalue weighted by atomic mass is 10.1. The Labute approximate surface area is 126 Å². The molecule has 2 rings (SSSR count). The lowest BCUT2D eigenvalue weighted by molar-refractivity contribution is 0.0702. The molecule has 0 saturated carbocycles. The van der Waals surface area contributed by atoms with Crippen molar-refractivity contribution in [3.8, 4) is 0 Å². The van der Waals surface area contributed by atoms with Gasteiger partial charge in [0.1, 0.15) is 5.82 Å². The van der Waals surface area contributed by atoms with Gasteiger partial charge in [-0.05, 0) is 37.6 Å². The molecular formula is C14H18BrFN2O2. The first-order valence-electron chi connectivity index (χ1n) is 6.70. The zero-order valence-corrected chi connectivity index (χ0v) is 12.7. The van der Waals surface area contributed by atoms with E-state index in [1.807, 2.05) is 0 Å². The molecule has 1 atom stereocenters. The lowest BCUT2D eigenvalue weighted by Crippen LogP contribution is -2.42. The van der Waals surface area contributed by atoms with Gasteiger partial charge in [0, 0.05) is 23.6 Å². The van der Waals surface area contributed by atoms with Crippen LogP contribution in [0.4, 0.5) is 4.39 Å². The molecule has 1 heterocycles. The van der Waals surface area contributed by atoms with Gasteiger partial charge in [-0.2, -0.15) is 0 Å². The van der Waals surface area contributed by atoms with Crippen molar-refractivity contribution in [2.45, 2.75) is 18.9 Å². The van der Waals surface area contributed by atoms with Crippen molar-refractivity contribution in [2.24, 2.45) is 0 Å². The summed E-state index contributed by atoms with van der Waals surface area (Å²) in [7, 11) is 0. The number of halogens is 2. The molecule has 0 bridgehead atoms. The zero-order chi connectivity index (χ0) is 14.5. The number of aliphatic hydroxyl groups is 1. The maximum atomic E-state index is 13.9. The molecule has 1 aliphatic heterocycles. The van der Waals surface area contributed by atoms with Gasteiger partial charge in [-0.1, -0.05) is 15.9 Å². The molecule has 1 unspecified atom stereocenters. The summed E-state index contributed by atoms with van der Waals surface area (Å²) in [6.07, 6.45) is 2.08. The molecule has 110 valence electrons. The lowest BCUT2D eigenvalue weighted by Gasteiger charge is -2.25. The molecule has 4 nitrogen and oxygen atoms in total. The van der Waals surface area contributed by atoms with E-state index in [2.05, 4.69) is 21.2 Å². The Morgan fingerprint density at radius 3 is 2.95 bits per heavy atom. The summed E-state index contributed by atoms with van der Waals surface area (Å²) in [6, 6.07) is 4.61. The monoisotopic (exact) mass is 344 g/mol. The molecule has 1 fully saturated rings. The highest BCUT2D eigenvalue weighted by Gasteiger charge is 2.23. The van der Waals surface area contributed by atoms with Crippen LogP contribution in [0.2, 0.25) is 0 Å². The first-order valence-corrected chi connectivity index (χ1v) is 7.49. The fourth-order valence-corrected chi connectivity index (χ4v) is 2.74. The van der Waals surface area contributed by atoms with Crippen LogP contribution >= 0.6 is 15.9 Å². The van der Waals surface area contributed by atoms with E-state index in [0.29, 0.717) is 11.0 Å². The van der Waals surface area contributed by atoms with E-state index < -0.39 is 5.82 Å². The number of carbonyl (C=O) groups is 1. The number of benzene rings is 1. The molecule has 1 aromatic rings. The zero-order valence-electron chi connectivity index (χ0n) is 11.1. The van der Waals surface area contributed by atoms with Gasteiger partial charge in [0.2, 0.25) is 0 Å². The largest absolute Gasteiger partial charge is 0.395 e. The van der Waals surface area contributed by atoms with Gasteiger partial charge in [-0.15, -0.1) is 0 Å². The van der Waals surface area contributed by atoms with Crippen LogP contribution in [0.25, 0.3) is 0 Å². The molecule has 20 heavy (non-hydrogen) atoms. The summed E-state index contributed by atoms with van der Waals surface area (Å²) in [6.45, 7) is 1.52. The first kappa shape index (κ1) is 15.4. The van der Waals surface area contributed by atoms with Crippen molar-refractivity contribution in [2.75, 3.05) is 26.2 Å². The van der Waals surface area contributed by atoms with Crippen molar-refractivity contribution in [1.29, 1.82) is 0 Å². The quantitative estimate of drug-likeness (QED) is 0.855. The summed E-state index contributed by atoms with van der Waals surface area (Å²) in [5.41, 5.74) is 0.0413. The second-order valence-corrected chi connectivity index (χ2v) is 5.81. The van der Waals surface area contributed by atoms with E-state index in [9.17, 15) is 9.18 Å². The third-order valence-corrected chi connectivity index (χ3v) is 3.92. The molecule has 2 N–H and O–H groups in total. The average molecular weight is 345 g/mol. The van der Waals surface area contributed by atoms with Crippen LogP contribution in [0, 0.1) is 5.82 Å². The maximum absolute atomic E-state index is 13.9. The highest BCUT2D eigenvalue weighted by Crippen LogP contribution is 2.17. The van der Waals surface area contributed by atoms with Crippen LogP contribution in [0.3, 0.4) is 0 Å². The predicted octanol–water partition coefficient (Wildman–Crippen LogP) is 1.77. The number of amides is 1. The Morgan fingerprint density at radius 2 is 2.35 bits per heavy atom. The molecule has 1 aromatic carbocycles. The second-order valence-electron chi connectivity index (χ2n) is 4.89. The van der Waals surface area contributed by atoms with Gasteiger partial charge < -0.3 is 15.3 Å². The summed E-state index contributed by atoms with van der Waals surface area (Å²) >= 11 is 3.17. The van der Waals surface area contributed by atoms with Gasteiger partial charge in [-0.25, -0.2) is 4.39 Å². The number of nitrogens with one attached hydrogen (secondary N) is 1. The Kier molecular flexibility index (Phi) is 5.51. The standard InChI is InChI=1S/C14H18BrFN2O2/c15-10-3-4-12(13(16)8-10)14(20)18(6-7-19)9-11-2-1-5-17-11/h3-4,8,11,17,19H,1-2,5-7,9H2. The van der Waals surface area contributed by atoms with Gasteiger partial charge in [0.25, 0.3) is 5.91 Å². The fraction of sp³-hybridized carbons (Fsp3) is 0.500. The van der Waals surface area contributed by atoms with Crippen molar-refractivity contribution in [3.05, 3.63) is 34.1 Å². The molecule has 1 saturated heterocycles. The summed E-state index contributed by atoms with van der Waals surface area (Å²) in [5, 5.41) is 12.4. The third-order valence-electron chi connectivity index (χ3n) is 3.42. The Morgan fingerprint density at radius 1 is 1.55 bits per heavy atom. The summed E-state index contributed by atoms with van der Waals surface area (Å²) in [5.74, 6) is -0.926. The van der Waals surface area contributed by atoms with E-state index in [1.54, 1.807) is 6.07 Å². The van der Waals surface area contributed by atoms with Crippen LogP contribution in [-0.4, -0.2) is 48.2 Å². The second kappa shape index (κ2) is 7.15. The van der Waals surface area contributed by atoms with E-state index in [1.165, 1.54) is 17.0 Å². The molecule has 0 aromatic heterocycles. The molecule has 0 radical (unpaired) electrons. The van der Waals surface area contributed by atoms with E-state index in [4.69, 9.17) is 5.11 Å². The van der Waals surface area contributed by atoms with Gasteiger partial charge in [-0.3, -0.25) is 4.79 Å². The van der Waals surface area contributed by atoms with E-state index >= 15 is 0 Å². The molecule has 1 aliphatic rings. The number of carbonyl (C=O) groups excluding carboxylic acids is 1. The minimum atomic E-state index is -0.549. The number of nitrogens with zero attached hydrogens (tertiary/aromatic N) is 1. The minimum absolute atomic E-state index is 0.0413. The summed E-state index contributed by atoms with van der Waals surface area (Å²) in [4.78, 5) is 13.9. The van der Waals surface area contributed by atoms with Crippen molar-refractivity contribution in [1.82, 2.24) is 10.2 Å². The fourth-order valence-electron chi connectivity index (χ4n) is 2.41. The predicted molar refractivity (Wildman–Crippen MR) is 78.1 cm³/mol. The molecule has 1 amide bonds. The molecule has 6 heteroatoms. The van der Waals surface area contributed by atoms with Crippen LogP contribution in [0.15, 0.2) is 22.7 Å². The average Bonchev–Trinajstić information content (AvgIpc) is 2.90. The topological polar surface area (TPSA) is 52.6 Å². The number of hydrogen-bond donors (Lipinski definition) is 2. The van der Waals surface area contributed by atoms with Gasteiger partial charge >= 0.3 is 0 Å². The van der Waals surface area contributed by atoms with Crippen molar-refractivity contribution < 1.29 is 14.3 Å². The molecule has 0 spiro atoms. The molecular weight excluding hydrogens is 327 g/mol. The first-order chi connectivity index (χ1) is 9.61. The van der Waals surface area contributed by atoms with E-state index in [0.717, 1.165) is 19.4 Å². The smallest absolute Gasteiger partial charge is 0.256 e. The third kappa shape index (κ3) is 3.77. The van der Waals surface area contributed by atoms with Crippen LogP contribution in [-0.2, 0) is 0 Å². The van der Waals surface area contributed by atoms with Crippen LogP contribution in [0.5, 0.6) is 0 Å². The van der Waals surface area contributed by atoms with Crippen molar-refractivity contribution >= 4 is 21.8 Å². The molecule has 0 aliphatic carbocycles. The highest BCUT2D eigenvalue weighted by atomic mass is 79.9. The Balaban J connectivity index is 2.12. The van der Waals surface area contributed by atoms with E-state index in [-0.39, 0.29) is 30.7 Å². The number of aliphatic hydroxyl groups excluding tert-OH is 1. The highest BCUT2D eigenvalue weighted by molar-refractivity contribution is 9.10.